The van der Waals surface area contributed by atoms with E-state index in [4.69, 9.17) is 5.84 Å². The summed E-state index contributed by atoms with van der Waals surface area (Å²) in [5.41, 5.74) is 7.41. The van der Waals surface area contributed by atoms with Gasteiger partial charge < -0.3 is 0 Å². The van der Waals surface area contributed by atoms with E-state index in [1.54, 1.807) is 0 Å². The summed E-state index contributed by atoms with van der Waals surface area (Å²) in [5, 5.41) is 4.04. The number of hydrogen-bond acceptors (Lipinski definition) is 5. The van der Waals surface area contributed by atoms with Crippen molar-refractivity contribution in [3.05, 3.63) is 45.5 Å². The maximum absolute atomic E-state index is 5.68. The molecule has 3 N–H and O–H groups in total. The first-order valence-electron chi connectivity index (χ1n) is 5.45. The van der Waals surface area contributed by atoms with Crippen LogP contribution in [-0.2, 0) is 0 Å². The third-order valence-electron chi connectivity index (χ3n) is 2.86. The average molecular weight is 248 g/mol. The lowest BCUT2D eigenvalue weighted by atomic mass is 9.98. The molecular formula is C12H16N4S. The van der Waals surface area contributed by atoms with Crippen LogP contribution in [0.4, 0.5) is 0 Å². The summed E-state index contributed by atoms with van der Waals surface area (Å²) in [6, 6.07) is 6.33. The highest BCUT2D eigenvalue weighted by Gasteiger charge is 2.19. The number of nitrogens with one attached hydrogen (secondary N) is 1. The van der Waals surface area contributed by atoms with Gasteiger partial charge in [0, 0.05) is 0 Å². The van der Waals surface area contributed by atoms with Gasteiger partial charge in [-0.3, -0.25) is 5.84 Å². The molecule has 0 amide bonds. The molecule has 0 saturated heterocycles. The predicted octanol–water partition coefficient (Wildman–Crippen LogP) is 2.02. The van der Waals surface area contributed by atoms with E-state index in [-0.39, 0.29) is 6.04 Å². The van der Waals surface area contributed by atoms with Gasteiger partial charge in [-0.25, -0.2) is 5.43 Å². The molecule has 2 aromatic rings. The van der Waals surface area contributed by atoms with Crippen molar-refractivity contribution in [1.29, 1.82) is 0 Å². The number of nitrogens with two attached hydrogens (primary N) is 1. The third-order valence-corrected chi connectivity index (χ3v) is 3.75. The second-order valence-corrected chi connectivity index (χ2v) is 4.97. The number of hydrogen-bond donors (Lipinski definition) is 2. The van der Waals surface area contributed by atoms with E-state index < -0.39 is 0 Å². The number of aromatic nitrogens is 2. The molecule has 0 aliphatic carbocycles. The first-order valence-corrected chi connectivity index (χ1v) is 6.23. The molecule has 1 unspecified atom stereocenters. The molecule has 1 heterocycles. The Balaban J connectivity index is 2.49. The maximum atomic E-state index is 5.68. The number of nitrogens with zero attached hydrogens (tertiary/aromatic N) is 2. The fourth-order valence-electron chi connectivity index (χ4n) is 1.88. The van der Waals surface area contributed by atoms with E-state index in [0.717, 1.165) is 10.6 Å². The minimum absolute atomic E-state index is 0.0325. The zero-order chi connectivity index (χ0) is 12.4. The average Bonchev–Trinajstić information content (AvgIpc) is 2.71. The predicted molar refractivity (Wildman–Crippen MR) is 69.7 cm³/mol. The monoisotopic (exact) mass is 248 g/mol. The molecule has 1 atom stereocenters. The number of rotatable bonds is 3. The van der Waals surface area contributed by atoms with E-state index in [1.807, 2.05) is 6.92 Å². The van der Waals surface area contributed by atoms with Crippen molar-refractivity contribution in [3.8, 4) is 0 Å². The highest BCUT2D eigenvalue weighted by molar-refractivity contribution is 7.05. The van der Waals surface area contributed by atoms with Crippen LogP contribution in [0.2, 0.25) is 0 Å². The summed E-state index contributed by atoms with van der Waals surface area (Å²) in [4.78, 5) is 1.07. The van der Waals surface area contributed by atoms with Crippen LogP contribution in [0, 0.1) is 20.8 Å². The van der Waals surface area contributed by atoms with E-state index >= 15 is 0 Å². The lowest BCUT2D eigenvalue weighted by Crippen LogP contribution is -2.29. The molecule has 0 aliphatic heterocycles. The Morgan fingerprint density at radius 3 is 2.65 bits per heavy atom. The summed E-state index contributed by atoms with van der Waals surface area (Å²) < 4.78 is 3.96. The third kappa shape index (κ3) is 2.36. The molecule has 0 fully saturated rings. The second kappa shape index (κ2) is 4.91. The molecule has 0 saturated carbocycles. The summed E-state index contributed by atoms with van der Waals surface area (Å²) in [5.74, 6) is 5.68. The fourth-order valence-corrected chi connectivity index (χ4v) is 2.60. The summed E-state index contributed by atoms with van der Waals surface area (Å²) in [6.07, 6.45) is 0. The van der Waals surface area contributed by atoms with Gasteiger partial charge in [-0.1, -0.05) is 28.3 Å². The molecule has 0 bridgehead atoms. The molecule has 2 rings (SSSR count). The number of benzene rings is 1. The first kappa shape index (κ1) is 12.2. The van der Waals surface area contributed by atoms with Crippen LogP contribution in [0.15, 0.2) is 18.2 Å². The zero-order valence-electron chi connectivity index (χ0n) is 10.2. The van der Waals surface area contributed by atoms with Gasteiger partial charge in [-0.05, 0) is 43.4 Å². The van der Waals surface area contributed by atoms with Gasteiger partial charge in [0.05, 0.1) is 16.6 Å². The largest absolute Gasteiger partial charge is 0.271 e. The minimum atomic E-state index is -0.0325. The van der Waals surface area contributed by atoms with Crippen LogP contribution in [0.25, 0.3) is 0 Å². The minimum Gasteiger partial charge on any atom is -0.271 e. The van der Waals surface area contributed by atoms with Gasteiger partial charge in [0.2, 0.25) is 0 Å². The fraction of sp³-hybridized carbons (Fsp3) is 0.333. The standard InChI is InChI=1S/C12H16N4S/c1-7-4-5-8(2)10(6-7)11(14-13)12-9(3)15-16-17-12/h4-6,11,14H,13H2,1-3H3. The van der Waals surface area contributed by atoms with Gasteiger partial charge in [-0.15, -0.1) is 5.10 Å². The molecular weight excluding hydrogens is 232 g/mol. The molecule has 4 nitrogen and oxygen atoms in total. The van der Waals surface area contributed by atoms with Crippen molar-refractivity contribution in [3.63, 3.8) is 0 Å². The Hall–Kier alpha value is -1.30. The lowest BCUT2D eigenvalue weighted by molar-refractivity contribution is 0.638. The molecule has 90 valence electrons. The lowest BCUT2D eigenvalue weighted by Gasteiger charge is -2.17. The smallest absolute Gasteiger partial charge is 0.0840 e. The molecule has 17 heavy (non-hydrogen) atoms. The molecule has 5 heteroatoms. The Labute approximate surface area is 105 Å². The normalized spacial score (nSPS) is 12.7. The first-order chi connectivity index (χ1) is 8.13. The molecule has 0 aliphatic rings. The highest BCUT2D eigenvalue weighted by atomic mass is 32.1. The quantitative estimate of drug-likeness (QED) is 0.644. The summed E-state index contributed by atoms with van der Waals surface area (Å²) in [6.45, 7) is 6.12. The van der Waals surface area contributed by atoms with E-state index in [0.29, 0.717) is 0 Å². The van der Waals surface area contributed by atoms with E-state index in [2.05, 4.69) is 47.1 Å². The summed E-state index contributed by atoms with van der Waals surface area (Å²) >= 11 is 1.39. The molecule has 1 aromatic heterocycles. The molecule has 0 spiro atoms. The van der Waals surface area contributed by atoms with Crippen molar-refractivity contribution < 1.29 is 0 Å². The molecule has 0 radical (unpaired) electrons. The van der Waals surface area contributed by atoms with Crippen molar-refractivity contribution >= 4 is 11.5 Å². The second-order valence-electron chi connectivity index (χ2n) is 4.18. The maximum Gasteiger partial charge on any atom is 0.0840 e. The van der Waals surface area contributed by atoms with Crippen LogP contribution in [0.1, 0.15) is 33.3 Å². The van der Waals surface area contributed by atoms with Gasteiger partial charge in [0.1, 0.15) is 0 Å². The van der Waals surface area contributed by atoms with Gasteiger partial charge in [0.25, 0.3) is 0 Å². The van der Waals surface area contributed by atoms with E-state index in [9.17, 15) is 0 Å². The Morgan fingerprint density at radius 2 is 2.06 bits per heavy atom. The SMILES string of the molecule is Cc1ccc(C)c(C(NN)c2snnc2C)c1. The van der Waals surface area contributed by atoms with Crippen LogP contribution < -0.4 is 11.3 Å². The van der Waals surface area contributed by atoms with Crippen LogP contribution in [0.3, 0.4) is 0 Å². The number of hydrazine groups is 1. The van der Waals surface area contributed by atoms with Crippen molar-refractivity contribution in [2.45, 2.75) is 26.8 Å². The van der Waals surface area contributed by atoms with Crippen LogP contribution >= 0.6 is 11.5 Å². The zero-order valence-corrected chi connectivity index (χ0v) is 11.0. The Bertz CT molecular complexity index is 521. The van der Waals surface area contributed by atoms with Crippen molar-refractivity contribution in [1.82, 2.24) is 15.0 Å². The summed E-state index contributed by atoms with van der Waals surface area (Å²) in [7, 11) is 0. The van der Waals surface area contributed by atoms with Gasteiger partial charge in [-0.2, -0.15) is 0 Å². The van der Waals surface area contributed by atoms with Crippen molar-refractivity contribution in [2.75, 3.05) is 0 Å². The molecule has 1 aromatic carbocycles. The Morgan fingerprint density at radius 1 is 1.29 bits per heavy atom. The number of aryl methyl sites for hydroxylation is 3. The van der Waals surface area contributed by atoms with Gasteiger partial charge in [0.15, 0.2) is 0 Å². The van der Waals surface area contributed by atoms with Gasteiger partial charge >= 0.3 is 0 Å². The topological polar surface area (TPSA) is 63.8 Å². The van der Waals surface area contributed by atoms with Crippen molar-refractivity contribution in [2.24, 2.45) is 5.84 Å². The van der Waals surface area contributed by atoms with Crippen LogP contribution in [-0.4, -0.2) is 9.59 Å². The van der Waals surface area contributed by atoms with Crippen LogP contribution in [0.5, 0.6) is 0 Å². The van der Waals surface area contributed by atoms with E-state index in [1.165, 1.54) is 28.2 Å². The highest BCUT2D eigenvalue weighted by Crippen LogP contribution is 2.28. The Kier molecular flexibility index (Phi) is 3.51.